The Balaban J connectivity index is 0.000000369. The third-order valence-corrected chi connectivity index (χ3v) is 7.29. The van der Waals surface area contributed by atoms with E-state index in [0.29, 0.717) is 46.7 Å². The summed E-state index contributed by atoms with van der Waals surface area (Å²) < 4.78 is 47.0. The van der Waals surface area contributed by atoms with Crippen molar-refractivity contribution in [1.82, 2.24) is 9.97 Å². The minimum Gasteiger partial charge on any atom is -0.493 e. The lowest BCUT2D eigenvalue weighted by molar-refractivity contribution is 0.345. The summed E-state index contributed by atoms with van der Waals surface area (Å²) in [5.74, 6) is 2.35. The Morgan fingerprint density at radius 1 is 0.848 bits per heavy atom. The van der Waals surface area contributed by atoms with Crippen LogP contribution in [-0.4, -0.2) is 43.7 Å². The van der Waals surface area contributed by atoms with Crippen LogP contribution in [0.2, 0.25) is 0 Å². The van der Waals surface area contributed by atoms with Gasteiger partial charge in [-0.1, -0.05) is 17.7 Å². The molecule has 5 aromatic rings. The molecule has 4 aromatic carbocycles. The minimum atomic E-state index is -4.02. The number of rotatable bonds is 9. The van der Waals surface area contributed by atoms with E-state index in [2.05, 4.69) is 32.7 Å². The largest absolute Gasteiger partial charge is 0.493 e. The number of nitrogens with zero attached hydrogens (tertiary/aromatic N) is 4. The topological polar surface area (TPSA) is 179 Å². The van der Waals surface area contributed by atoms with E-state index < -0.39 is 10.1 Å². The lowest BCUT2D eigenvalue weighted by atomic mass is 10.1. The maximum absolute atomic E-state index is 10.5. The highest BCUT2D eigenvalue weighted by Crippen LogP contribution is 2.45. The normalized spacial score (nSPS) is 10.5. The van der Waals surface area contributed by atoms with Crippen molar-refractivity contribution < 1.29 is 27.2 Å². The molecular formula is C33H30N6O6S. The van der Waals surface area contributed by atoms with Crippen LogP contribution in [0.25, 0.3) is 10.8 Å². The summed E-state index contributed by atoms with van der Waals surface area (Å²) in [6.07, 6.45) is 0. The lowest BCUT2D eigenvalue weighted by Gasteiger charge is -2.17. The molecule has 12 nitrogen and oxygen atoms in total. The van der Waals surface area contributed by atoms with Gasteiger partial charge in [-0.3, -0.25) is 4.55 Å². The van der Waals surface area contributed by atoms with Crippen molar-refractivity contribution in [2.75, 3.05) is 31.4 Å². The minimum absolute atomic E-state index is 0.0666. The van der Waals surface area contributed by atoms with Crippen molar-refractivity contribution in [2.24, 2.45) is 0 Å². The Hall–Kier alpha value is -5.89. The number of benzene rings is 4. The van der Waals surface area contributed by atoms with Gasteiger partial charge < -0.3 is 24.8 Å². The van der Waals surface area contributed by atoms with E-state index in [1.54, 1.807) is 73.8 Å². The van der Waals surface area contributed by atoms with Crippen molar-refractivity contribution in [1.29, 1.82) is 10.5 Å². The van der Waals surface area contributed by atoms with Gasteiger partial charge in [0, 0.05) is 23.7 Å². The number of methoxy groups -OCH3 is 2. The number of fused-ring (bicyclic) bond motifs is 1. The average molecular weight is 639 g/mol. The molecule has 0 fully saturated rings. The predicted molar refractivity (Wildman–Crippen MR) is 173 cm³/mol. The molecule has 0 spiro atoms. The smallest absolute Gasteiger partial charge is 0.294 e. The highest BCUT2D eigenvalue weighted by molar-refractivity contribution is 7.85. The van der Waals surface area contributed by atoms with Crippen LogP contribution in [0.4, 0.5) is 17.5 Å². The first-order valence-corrected chi connectivity index (χ1v) is 15.2. The third kappa shape index (κ3) is 8.18. The van der Waals surface area contributed by atoms with Gasteiger partial charge in [0.1, 0.15) is 5.82 Å². The molecule has 0 unspecified atom stereocenters. The van der Waals surface area contributed by atoms with Crippen molar-refractivity contribution >= 4 is 38.3 Å². The quantitative estimate of drug-likeness (QED) is 0.147. The molecule has 0 aliphatic carbocycles. The van der Waals surface area contributed by atoms with E-state index in [0.717, 1.165) is 22.0 Å². The summed E-state index contributed by atoms with van der Waals surface area (Å²) in [6, 6.07) is 25.9. The Labute approximate surface area is 266 Å². The van der Waals surface area contributed by atoms with Gasteiger partial charge >= 0.3 is 0 Å². The SMILES string of the molecule is CCNc1cc(Oc2c(OC)cc3cc(C#N)ccc3c2OC)nc(Nc2ccc(C#N)cc2)n1.Cc1ccc(S(=O)(=O)O)cc1. The first kappa shape index (κ1) is 33.0. The third-order valence-electron chi connectivity index (χ3n) is 6.42. The number of aryl methyl sites for hydroxylation is 1. The number of anilines is 3. The molecule has 0 bridgehead atoms. The number of hydrogen-bond acceptors (Lipinski definition) is 11. The molecule has 1 aromatic heterocycles. The molecule has 5 rings (SSSR count). The Bertz CT molecular complexity index is 2040. The second-order valence-electron chi connectivity index (χ2n) is 9.64. The van der Waals surface area contributed by atoms with Gasteiger partial charge in [0.15, 0.2) is 11.5 Å². The molecule has 0 radical (unpaired) electrons. The first-order chi connectivity index (χ1) is 22.1. The van der Waals surface area contributed by atoms with Crippen molar-refractivity contribution in [3.8, 4) is 35.3 Å². The molecule has 13 heteroatoms. The molecule has 0 aliphatic rings. The molecule has 1 heterocycles. The molecule has 0 saturated carbocycles. The molecule has 0 aliphatic heterocycles. The monoisotopic (exact) mass is 638 g/mol. The zero-order valence-corrected chi connectivity index (χ0v) is 26.2. The lowest BCUT2D eigenvalue weighted by Crippen LogP contribution is -2.05. The van der Waals surface area contributed by atoms with Crippen molar-refractivity contribution in [3.05, 3.63) is 95.6 Å². The van der Waals surface area contributed by atoms with Gasteiger partial charge in [-0.2, -0.15) is 28.9 Å². The van der Waals surface area contributed by atoms with Crippen LogP contribution in [0.3, 0.4) is 0 Å². The molecule has 46 heavy (non-hydrogen) atoms. The molecule has 0 atom stereocenters. The van der Waals surface area contributed by atoms with Gasteiger partial charge in [0.05, 0.1) is 42.4 Å². The van der Waals surface area contributed by atoms with Gasteiger partial charge in [-0.25, -0.2) is 0 Å². The molecule has 3 N–H and O–H groups in total. The van der Waals surface area contributed by atoms with Crippen LogP contribution >= 0.6 is 0 Å². The maximum Gasteiger partial charge on any atom is 0.294 e. The van der Waals surface area contributed by atoms with Gasteiger partial charge in [0.25, 0.3) is 10.1 Å². The molecule has 234 valence electrons. The molecular weight excluding hydrogens is 608 g/mol. The number of ether oxygens (including phenoxy) is 3. The fourth-order valence-electron chi connectivity index (χ4n) is 4.23. The average Bonchev–Trinajstić information content (AvgIpc) is 3.04. The number of aromatic nitrogens is 2. The van der Waals surface area contributed by atoms with Gasteiger partial charge in [-0.05, 0) is 79.9 Å². The number of nitrogens with one attached hydrogen (secondary N) is 2. The zero-order valence-electron chi connectivity index (χ0n) is 25.4. The van der Waals surface area contributed by atoms with Gasteiger partial charge in [0.2, 0.25) is 17.6 Å². The highest BCUT2D eigenvalue weighted by atomic mass is 32.2. The van der Waals surface area contributed by atoms with Gasteiger partial charge in [-0.15, -0.1) is 0 Å². The summed E-state index contributed by atoms with van der Waals surface area (Å²) in [4.78, 5) is 8.92. The summed E-state index contributed by atoms with van der Waals surface area (Å²) in [5, 5.41) is 26.1. The summed E-state index contributed by atoms with van der Waals surface area (Å²) >= 11 is 0. The Morgan fingerprint density at radius 3 is 2.11 bits per heavy atom. The van der Waals surface area contributed by atoms with Crippen LogP contribution < -0.4 is 24.8 Å². The van der Waals surface area contributed by atoms with Crippen LogP contribution in [0.1, 0.15) is 23.6 Å². The Kier molecular flexibility index (Phi) is 10.6. The number of hydrogen-bond donors (Lipinski definition) is 3. The molecule has 0 amide bonds. The summed E-state index contributed by atoms with van der Waals surface area (Å²) in [7, 11) is -0.945. The summed E-state index contributed by atoms with van der Waals surface area (Å²) in [5.41, 5.74) is 2.76. The second kappa shape index (κ2) is 14.7. The molecule has 0 saturated heterocycles. The van der Waals surface area contributed by atoms with E-state index >= 15 is 0 Å². The van der Waals surface area contributed by atoms with Crippen LogP contribution in [0, 0.1) is 29.6 Å². The first-order valence-electron chi connectivity index (χ1n) is 13.8. The van der Waals surface area contributed by atoms with E-state index in [4.69, 9.17) is 24.0 Å². The Morgan fingerprint density at radius 2 is 1.52 bits per heavy atom. The number of nitriles is 2. The summed E-state index contributed by atoms with van der Waals surface area (Å²) in [6.45, 7) is 4.45. The van der Waals surface area contributed by atoms with Crippen LogP contribution in [0.5, 0.6) is 23.1 Å². The van der Waals surface area contributed by atoms with E-state index in [1.807, 2.05) is 13.8 Å². The van der Waals surface area contributed by atoms with E-state index in [-0.39, 0.29) is 10.8 Å². The maximum atomic E-state index is 10.5. The van der Waals surface area contributed by atoms with Crippen LogP contribution in [0.15, 0.2) is 83.8 Å². The van der Waals surface area contributed by atoms with E-state index in [9.17, 15) is 13.7 Å². The second-order valence-corrected chi connectivity index (χ2v) is 11.1. The fourth-order valence-corrected chi connectivity index (χ4v) is 4.71. The highest BCUT2D eigenvalue weighted by Gasteiger charge is 2.19. The van der Waals surface area contributed by atoms with E-state index in [1.165, 1.54) is 19.2 Å². The predicted octanol–water partition coefficient (Wildman–Crippen LogP) is 6.60. The fraction of sp³-hybridized carbons (Fsp3) is 0.152. The van der Waals surface area contributed by atoms with Crippen LogP contribution in [-0.2, 0) is 10.1 Å². The zero-order chi connectivity index (χ0) is 33.3. The van der Waals surface area contributed by atoms with Crippen molar-refractivity contribution in [2.45, 2.75) is 18.7 Å². The standard InChI is InChI=1S/C26H22N6O3.C7H8O3S/c1-4-29-22-13-23(32-26(31-22)30-19-8-5-16(14-27)6-9-19)35-25-21(33-2)12-18-11-17(15-28)7-10-20(18)24(25)34-3;1-6-2-4-7(5-3-6)11(8,9)10/h5-13H,4H2,1-3H3,(H2,29,30,31,32);2-5H,1H3,(H,8,9,10). The van der Waals surface area contributed by atoms with Crippen molar-refractivity contribution in [3.63, 3.8) is 0 Å².